The highest BCUT2D eigenvalue weighted by atomic mass is 16.4. The van der Waals surface area contributed by atoms with Crippen LogP contribution in [0.2, 0.25) is 0 Å². The Kier molecular flexibility index (Phi) is 4.94. The minimum Gasteiger partial charge on any atom is -0.478 e. The van der Waals surface area contributed by atoms with Crippen LogP contribution in [-0.4, -0.2) is 27.5 Å². The Bertz CT molecular complexity index is 1260. The van der Waals surface area contributed by atoms with Crippen LogP contribution < -0.4 is 10.4 Å². The van der Waals surface area contributed by atoms with E-state index in [4.69, 9.17) is 0 Å². The molecule has 7 nitrogen and oxygen atoms in total. The number of para-hydroxylation sites is 1. The van der Waals surface area contributed by atoms with Crippen LogP contribution in [0.3, 0.4) is 0 Å². The molecule has 1 aromatic heterocycles. The predicted molar refractivity (Wildman–Crippen MR) is 117 cm³/mol. The number of benzene rings is 2. The molecule has 0 spiro atoms. The van der Waals surface area contributed by atoms with E-state index in [9.17, 15) is 19.5 Å². The number of amides is 2. The summed E-state index contributed by atoms with van der Waals surface area (Å²) in [5.41, 5.74) is 7.44. The number of carbonyl (C=O) groups excluding carboxylic acids is 2. The van der Waals surface area contributed by atoms with Crippen LogP contribution in [0.25, 0.3) is 11.8 Å². The van der Waals surface area contributed by atoms with Gasteiger partial charge < -0.3 is 9.67 Å². The number of carboxylic acid groups (broad SMARTS) is 1. The van der Waals surface area contributed by atoms with Gasteiger partial charge in [0, 0.05) is 17.1 Å². The van der Waals surface area contributed by atoms with Crippen LogP contribution in [-0.2, 0) is 9.59 Å². The number of hydrogen-bond donors (Lipinski definition) is 2. The van der Waals surface area contributed by atoms with E-state index in [1.165, 1.54) is 5.01 Å². The highest BCUT2D eigenvalue weighted by Crippen LogP contribution is 2.27. The maximum Gasteiger partial charge on any atom is 0.335 e. The van der Waals surface area contributed by atoms with Crippen molar-refractivity contribution in [2.24, 2.45) is 0 Å². The zero-order chi connectivity index (χ0) is 22.3. The van der Waals surface area contributed by atoms with Crippen molar-refractivity contribution >= 4 is 29.5 Å². The maximum atomic E-state index is 12.9. The lowest BCUT2D eigenvalue weighted by Gasteiger charge is -2.14. The zero-order valence-corrected chi connectivity index (χ0v) is 17.3. The molecule has 1 saturated heterocycles. The third kappa shape index (κ3) is 3.50. The number of aromatic carboxylic acids is 1. The second kappa shape index (κ2) is 7.60. The Morgan fingerprint density at radius 3 is 2.39 bits per heavy atom. The molecule has 2 amide bonds. The topological polar surface area (TPSA) is 91.6 Å². The largest absolute Gasteiger partial charge is 0.478 e. The van der Waals surface area contributed by atoms with E-state index in [0.717, 1.165) is 22.6 Å². The normalized spacial score (nSPS) is 14.9. The van der Waals surface area contributed by atoms with Crippen molar-refractivity contribution in [2.75, 3.05) is 5.01 Å². The van der Waals surface area contributed by atoms with Gasteiger partial charge in [-0.3, -0.25) is 15.0 Å². The molecular weight excluding hydrogens is 394 g/mol. The van der Waals surface area contributed by atoms with Gasteiger partial charge in [-0.2, -0.15) is 0 Å². The minimum atomic E-state index is -1.000. The molecule has 0 saturated carbocycles. The van der Waals surface area contributed by atoms with Crippen LogP contribution in [0.5, 0.6) is 0 Å². The van der Waals surface area contributed by atoms with Crippen molar-refractivity contribution in [3.05, 3.63) is 88.2 Å². The van der Waals surface area contributed by atoms with Gasteiger partial charge in [0.05, 0.1) is 11.3 Å². The maximum absolute atomic E-state index is 12.9. The highest BCUT2D eigenvalue weighted by Gasteiger charge is 2.34. The van der Waals surface area contributed by atoms with E-state index < -0.39 is 17.8 Å². The molecule has 156 valence electrons. The number of anilines is 1. The van der Waals surface area contributed by atoms with E-state index in [2.05, 4.69) is 5.43 Å². The Hall–Kier alpha value is -4.13. The summed E-state index contributed by atoms with van der Waals surface area (Å²) in [6.07, 6.45) is 1.58. The minimum absolute atomic E-state index is 0.0418. The molecule has 31 heavy (non-hydrogen) atoms. The van der Waals surface area contributed by atoms with Gasteiger partial charge in [-0.1, -0.05) is 24.3 Å². The molecule has 2 heterocycles. The molecule has 4 rings (SSSR count). The average Bonchev–Trinajstić information content (AvgIpc) is 3.18. The second-order valence-electron chi connectivity index (χ2n) is 7.44. The Morgan fingerprint density at radius 1 is 1.00 bits per heavy atom. The van der Waals surface area contributed by atoms with Gasteiger partial charge in [0.25, 0.3) is 11.8 Å². The molecule has 0 radical (unpaired) electrons. The van der Waals surface area contributed by atoms with Gasteiger partial charge in [0.15, 0.2) is 0 Å². The van der Waals surface area contributed by atoms with Crippen molar-refractivity contribution in [3.63, 3.8) is 0 Å². The number of carbonyl (C=O) groups is 3. The van der Waals surface area contributed by atoms with Crippen LogP contribution >= 0.6 is 0 Å². The van der Waals surface area contributed by atoms with E-state index in [-0.39, 0.29) is 11.1 Å². The lowest BCUT2D eigenvalue weighted by atomic mass is 10.1. The molecule has 0 bridgehead atoms. The smallest absolute Gasteiger partial charge is 0.335 e. The fourth-order valence-electron chi connectivity index (χ4n) is 3.76. The Labute approximate surface area is 179 Å². The van der Waals surface area contributed by atoms with Crippen molar-refractivity contribution < 1.29 is 19.5 Å². The Morgan fingerprint density at radius 2 is 1.71 bits per heavy atom. The quantitative estimate of drug-likeness (QED) is 0.503. The number of hydrogen-bond acceptors (Lipinski definition) is 3. The number of hydrazine groups is 1. The van der Waals surface area contributed by atoms with Gasteiger partial charge in [-0.05, 0) is 68.3 Å². The molecule has 0 atom stereocenters. The number of nitrogens with zero attached hydrogens (tertiary/aromatic N) is 2. The van der Waals surface area contributed by atoms with Crippen molar-refractivity contribution in [3.8, 4) is 5.69 Å². The molecule has 3 aromatic rings. The van der Waals surface area contributed by atoms with E-state index >= 15 is 0 Å². The van der Waals surface area contributed by atoms with Gasteiger partial charge in [-0.15, -0.1) is 0 Å². The van der Waals surface area contributed by atoms with Crippen molar-refractivity contribution in [1.82, 2.24) is 9.99 Å². The Balaban J connectivity index is 1.76. The predicted octanol–water partition coefficient (Wildman–Crippen LogP) is 3.56. The molecule has 1 aliphatic rings. The summed E-state index contributed by atoms with van der Waals surface area (Å²) in [6, 6.07) is 15.7. The van der Waals surface area contributed by atoms with Gasteiger partial charge in [0.2, 0.25) is 0 Å². The summed E-state index contributed by atoms with van der Waals surface area (Å²) in [6.45, 7) is 5.68. The lowest BCUT2D eigenvalue weighted by molar-refractivity contribution is -0.117. The van der Waals surface area contributed by atoms with E-state index in [0.29, 0.717) is 11.3 Å². The number of rotatable bonds is 4. The second-order valence-corrected chi connectivity index (χ2v) is 7.44. The van der Waals surface area contributed by atoms with Crippen LogP contribution in [0.1, 0.15) is 32.9 Å². The van der Waals surface area contributed by atoms with Crippen LogP contribution in [0, 0.1) is 20.8 Å². The summed E-state index contributed by atoms with van der Waals surface area (Å²) in [5, 5.41) is 10.6. The fraction of sp³-hybridized carbons (Fsp3) is 0.125. The molecule has 1 fully saturated rings. The average molecular weight is 415 g/mol. The number of carboxylic acids is 1. The molecule has 7 heteroatoms. The molecule has 1 aliphatic heterocycles. The first kappa shape index (κ1) is 20.2. The zero-order valence-electron chi connectivity index (χ0n) is 17.3. The first-order chi connectivity index (χ1) is 14.8. The van der Waals surface area contributed by atoms with Gasteiger partial charge in [0.1, 0.15) is 5.57 Å². The third-order valence-corrected chi connectivity index (χ3v) is 5.37. The molecule has 2 aromatic carbocycles. The summed E-state index contributed by atoms with van der Waals surface area (Å²) in [5.74, 6) is -1.90. The van der Waals surface area contributed by atoms with Gasteiger partial charge in [-0.25, -0.2) is 9.80 Å². The molecule has 0 unspecified atom stereocenters. The first-order valence-electron chi connectivity index (χ1n) is 9.73. The summed E-state index contributed by atoms with van der Waals surface area (Å²) >= 11 is 0. The molecule has 2 N–H and O–H groups in total. The van der Waals surface area contributed by atoms with Crippen molar-refractivity contribution in [2.45, 2.75) is 20.8 Å². The number of aromatic nitrogens is 1. The van der Waals surface area contributed by atoms with Crippen LogP contribution in [0.4, 0.5) is 5.69 Å². The SMILES string of the molecule is Cc1ccc(C(=O)O)cc1-n1c(C)cc(/C=C2/C(=O)NN(c3ccccc3)C2=O)c1C. The molecular formula is C24H21N3O4. The fourth-order valence-corrected chi connectivity index (χ4v) is 3.76. The van der Waals surface area contributed by atoms with E-state index in [1.54, 1.807) is 48.5 Å². The number of aryl methyl sites for hydroxylation is 2. The van der Waals surface area contributed by atoms with Crippen molar-refractivity contribution in [1.29, 1.82) is 0 Å². The van der Waals surface area contributed by atoms with E-state index in [1.807, 2.05) is 37.5 Å². The van der Waals surface area contributed by atoms with Gasteiger partial charge >= 0.3 is 5.97 Å². The monoisotopic (exact) mass is 415 g/mol. The summed E-state index contributed by atoms with van der Waals surface area (Å²) in [4.78, 5) is 36.8. The highest BCUT2D eigenvalue weighted by molar-refractivity contribution is 6.31. The lowest BCUT2D eigenvalue weighted by Crippen LogP contribution is -2.35. The third-order valence-electron chi connectivity index (χ3n) is 5.37. The first-order valence-corrected chi connectivity index (χ1v) is 9.73. The number of nitrogens with one attached hydrogen (secondary N) is 1. The summed E-state index contributed by atoms with van der Waals surface area (Å²) < 4.78 is 1.93. The van der Waals surface area contributed by atoms with Crippen LogP contribution in [0.15, 0.2) is 60.2 Å². The standard InChI is InChI=1S/C24H21N3O4/c1-14-9-10-17(24(30)31)13-21(14)26-15(2)11-18(16(26)3)12-20-22(28)25-27(23(20)29)19-7-5-4-6-8-19/h4-13H,1-3H3,(H,25,28)(H,30,31)/b20-12-. The molecule has 0 aliphatic carbocycles. The summed E-state index contributed by atoms with van der Waals surface area (Å²) in [7, 11) is 0.